The van der Waals surface area contributed by atoms with Crippen molar-refractivity contribution < 1.29 is 23.1 Å². The molecule has 1 amide bonds. The number of sulfonamides is 1. The van der Waals surface area contributed by atoms with E-state index in [0.717, 1.165) is 24.8 Å². The van der Waals surface area contributed by atoms with Crippen LogP contribution >= 0.6 is 0 Å². The number of phenolic OH excluding ortho intramolecular Hbond substituents is 1. The fourth-order valence-electron chi connectivity index (χ4n) is 4.93. The number of phenols is 1. The number of hydrogen-bond acceptors (Lipinski definition) is 5. The van der Waals surface area contributed by atoms with Crippen LogP contribution in [-0.4, -0.2) is 60.1 Å². The Hall–Kier alpha value is -2.71. The summed E-state index contributed by atoms with van der Waals surface area (Å²) in [6, 6.07) is 11.0. The Labute approximate surface area is 201 Å². The Bertz CT molecular complexity index is 1170. The molecule has 7 nitrogen and oxygen atoms in total. The molecule has 0 unspecified atom stereocenters. The minimum absolute atomic E-state index is 0.0204. The molecule has 0 saturated carbocycles. The highest BCUT2D eigenvalue weighted by Gasteiger charge is 2.33. The Morgan fingerprint density at radius 3 is 2.26 bits per heavy atom. The third kappa shape index (κ3) is 4.88. The first-order valence-electron chi connectivity index (χ1n) is 11.9. The van der Waals surface area contributed by atoms with Crippen LogP contribution < -0.4 is 0 Å². The average Bonchev–Trinajstić information content (AvgIpc) is 2.84. The summed E-state index contributed by atoms with van der Waals surface area (Å²) in [6.45, 7) is 5.12. The third-order valence-corrected chi connectivity index (χ3v) is 9.10. The molecule has 0 spiro atoms. The van der Waals surface area contributed by atoms with E-state index in [1.807, 2.05) is 13.8 Å². The SMILES string of the molecule is Cc1ccc(S(=O)(=O)N2CCCC[C@H]2C)cc1C(=O)N1CCC(C(=O)c2ccc(O)cc2)CC1. The van der Waals surface area contributed by atoms with Crippen LogP contribution in [0.1, 0.15) is 65.3 Å². The molecule has 1 N–H and O–H groups in total. The maximum Gasteiger partial charge on any atom is 0.254 e. The molecule has 8 heteroatoms. The predicted molar refractivity (Wildman–Crippen MR) is 129 cm³/mol. The van der Waals surface area contributed by atoms with E-state index in [1.165, 1.54) is 18.2 Å². The lowest BCUT2D eigenvalue weighted by atomic mass is 9.88. The molecule has 2 aromatic carbocycles. The number of likely N-dealkylation sites (tertiary alicyclic amines) is 1. The van der Waals surface area contributed by atoms with E-state index in [1.54, 1.807) is 33.5 Å². The summed E-state index contributed by atoms with van der Waals surface area (Å²) in [7, 11) is -3.67. The van der Waals surface area contributed by atoms with Crippen LogP contribution in [0.25, 0.3) is 0 Å². The highest BCUT2D eigenvalue weighted by molar-refractivity contribution is 7.89. The van der Waals surface area contributed by atoms with Crippen LogP contribution in [0.4, 0.5) is 0 Å². The molecule has 0 bridgehead atoms. The summed E-state index contributed by atoms with van der Waals surface area (Å²) in [5.41, 5.74) is 1.69. The smallest absolute Gasteiger partial charge is 0.254 e. The van der Waals surface area contributed by atoms with Crippen molar-refractivity contribution in [2.75, 3.05) is 19.6 Å². The molecule has 2 saturated heterocycles. The molecule has 0 radical (unpaired) electrons. The molecule has 0 aromatic heterocycles. The van der Waals surface area contributed by atoms with E-state index < -0.39 is 10.0 Å². The average molecular weight is 485 g/mol. The summed E-state index contributed by atoms with van der Waals surface area (Å²) in [5.74, 6) is -0.239. The quantitative estimate of drug-likeness (QED) is 0.648. The lowest BCUT2D eigenvalue weighted by Crippen LogP contribution is -2.42. The van der Waals surface area contributed by atoms with Gasteiger partial charge in [-0.2, -0.15) is 4.31 Å². The van der Waals surface area contributed by atoms with Crippen molar-refractivity contribution in [3.05, 3.63) is 59.2 Å². The second-order valence-electron chi connectivity index (χ2n) is 9.41. The number of aryl methyl sites for hydroxylation is 1. The molecule has 182 valence electrons. The normalized spacial score (nSPS) is 20.3. The highest BCUT2D eigenvalue weighted by atomic mass is 32.2. The van der Waals surface area contributed by atoms with Crippen molar-refractivity contribution in [1.82, 2.24) is 9.21 Å². The predicted octanol–water partition coefficient (Wildman–Crippen LogP) is 4.00. The van der Waals surface area contributed by atoms with Crippen molar-refractivity contribution in [1.29, 1.82) is 0 Å². The van der Waals surface area contributed by atoms with E-state index in [4.69, 9.17) is 0 Å². The van der Waals surface area contributed by atoms with Gasteiger partial charge in [-0.05, 0) is 81.5 Å². The molecule has 1 atom stereocenters. The molecule has 34 heavy (non-hydrogen) atoms. The van der Waals surface area contributed by atoms with Crippen LogP contribution in [-0.2, 0) is 10.0 Å². The molecular weight excluding hydrogens is 452 g/mol. The summed E-state index contributed by atoms with van der Waals surface area (Å²) in [5, 5.41) is 9.44. The number of nitrogens with zero attached hydrogens (tertiary/aromatic N) is 2. The largest absolute Gasteiger partial charge is 0.508 e. The lowest BCUT2D eigenvalue weighted by molar-refractivity contribution is 0.0649. The van der Waals surface area contributed by atoms with Crippen LogP contribution in [0.3, 0.4) is 0 Å². The minimum Gasteiger partial charge on any atom is -0.508 e. The van der Waals surface area contributed by atoms with Crippen molar-refractivity contribution in [3.63, 3.8) is 0 Å². The number of Topliss-reactive ketones (excluding diaryl/α,β-unsaturated/α-hetero) is 1. The molecule has 0 aliphatic carbocycles. The topological polar surface area (TPSA) is 95.0 Å². The Morgan fingerprint density at radius 2 is 1.62 bits per heavy atom. The number of benzene rings is 2. The van der Waals surface area contributed by atoms with Gasteiger partial charge in [0.1, 0.15) is 5.75 Å². The van der Waals surface area contributed by atoms with Gasteiger partial charge in [-0.15, -0.1) is 0 Å². The van der Waals surface area contributed by atoms with E-state index in [0.29, 0.717) is 43.6 Å². The molecule has 4 rings (SSSR count). The fourth-order valence-corrected chi connectivity index (χ4v) is 6.66. The van der Waals surface area contributed by atoms with Gasteiger partial charge in [0.2, 0.25) is 10.0 Å². The van der Waals surface area contributed by atoms with Gasteiger partial charge in [-0.1, -0.05) is 12.5 Å². The first kappa shape index (κ1) is 24.4. The van der Waals surface area contributed by atoms with Crippen LogP contribution in [0.5, 0.6) is 5.75 Å². The molecule has 2 fully saturated rings. The van der Waals surface area contributed by atoms with Gasteiger partial charge < -0.3 is 10.0 Å². The van der Waals surface area contributed by atoms with Gasteiger partial charge >= 0.3 is 0 Å². The standard InChI is InChI=1S/C26H32N2O5S/c1-18-6-11-23(34(32,33)28-14-4-3-5-19(28)2)17-24(18)26(31)27-15-12-21(13-16-27)25(30)20-7-9-22(29)10-8-20/h6-11,17,19,21,29H,3-5,12-16H2,1-2H3/t19-/m1/s1. The van der Waals surface area contributed by atoms with Crippen LogP contribution in [0.15, 0.2) is 47.4 Å². The highest BCUT2D eigenvalue weighted by Crippen LogP contribution is 2.28. The second-order valence-corrected chi connectivity index (χ2v) is 11.3. The first-order valence-corrected chi connectivity index (χ1v) is 13.4. The lowest BCUT2D eigenvalue weighted by Gasteiger charge is -2.33. The summed E-state index contributed by atoms with van der Waals surface area (Å²) in [6.07, 6.45) is 3.81. The number of carbonyl (C=O) groups is 2. The second kappa shape index (κ2) is 9.88. The molecular formula is C26H32N2O5S. The zero-order valence-electron chi connectivity index (χ0n) is 19.7. The van der Waals surface area contributed by atoms with Crippen molar-refractivity contribution in [2.45, 2.75) is 56.9 Å². The van der Waals surface area contributed by atoms with Gasteiger partial charge in [0.25, 0.3) is 5.91 Å². The van der Waals surface area contributed by atoms with E-state index in [2.05, 4.69) is 0 Å². The maximum atomic E-state index is 13.3. The number of piperidine rings is 2. The van der Waals surface area contributed by atoms with Gasteiger partial charge in [0.05, 0.1) is 4.90 Å². The number of amides is 1. The Balaban J connectivity index is 1.47. The number of hydrogen-bond donors (Lipinski definition) is 1. The number of carbonyl (C=O) groups excluding carboxylic acids is 2. The number of aromatic hydroxyl groups is 1. The van der Waals surface area contributed by atoms with Crippen molar-refractivity contribution in [2.24, 2.45) is 5.92 Å². The number of ketones is 1. The number of rotatable bonds is 5. The summed E-state index contributed by atoms with van der Waals surface area (Å²) < 4.78 is 28.1. The van der Waals surface area contributed by atoms with Gasteiger partial charge in [0, 0.05) is 42.7 Å². The zero-order valence-corrected chi connectivity index (χ0v) is 20.6. The fraction of sp³-hybridized carbons (Fsp3) is 0.462. The third-order valence-electron chi connectivity index (χ3n) is 7.09. The maximum absolute atomic E-state index is 13.3. The minimum atomic E-state index is -3.67. The molecule has 2 heterocycles. The monoisotopic (exact) mass is 484 g/mol. The summed E-state index contributed by atoms with van der Waals surface area (Å²) in [4.78, 5) is 28.0. The van der Waals surface area contributed by atoms with Gasteiger partial charge in [-0.3, -0.25) is 9.59 Å². The van der Waals surface area contributed by atoms with Crippen LogP contribution in [0.2, 0.25) is 0 Å². The van der Waals surface area contributed by atoms with E-state index in [9.17, 15) is 23.1 Å². The van der Waals surface area contributed by atoms with Crippen molar-refractivity contribution in [3.8, 4) is 5.75 Å². The summed E-state index contributed by atoms with van der Waals surface area (Å²) >= 11 is 0. The molecule has 2 aromatic rings. The van der Waals surface area contributed by atoms with Crippen LogP contribution in [0, 0.1) is 12.8 Å². The van der Waals surface area contributed by atoms with E-state index >= 15 is 0 Å². The van der Waals surface area contributed by atoms with Gasteiger partial charge in [-0.25, -0.2) is 8.42 Å². The zero-order chi connectivity index (χ0) is 24.5. The van der Waals surface area contributed by atoms with Gasteiger partial charge in [0.15, 0.2) is 5.78 Å². The Morgan fingerprint density at radius 1 is 0.941 bits per heavy atom. The van der Waals surface area contributed by atoms with E-state index in [-0.39, 0.29) is 34.3 Å². The molecule has 2 aliphatic rings. The van der Waals surface area contributed by atoms with Crippen molar-refractivity contribution >= 4 is 21.7 Å². The Kier molecular flexibility index (Phi) is 7.09. The first-order chi connectivity index (χ1) is 16.2. The molecule has 2 aliphatic heterocycles.